The fourth-order valence-corrected chi connectivity index (χ4v) is 1.62. The average molecular weight is 283 g/mol. The van der Waals surface area contributed by atoms with E-state index in [1.807, 2.05) is 13.8 Å². The number of hydrazine groups is 1. The van der Waals surface area contributed by atoms with Crippen LogP contribution in [0.4, 0.5) is 11.5 Å². The van der Waals surface area contributed by atoms with E-state index in [0.717, 1.165) is 0 Å². The molecule has 19 heavy (non-hydrogen) atoms. The fraction of sp³-hybridized carbons (Fsp3) is 0.333. The predicted molar refractivity (Wildman–Crippen MR) is 80.5 cm³/mol. The SMILES string of the molecule is CNc1nc(Cl)cc(N(N)/C=C(\N)C(C)C)c1C=N. The van der Waals surface area contributed by atoms with Crippen molar-refractivity contribution in [3.63, 3.8) is 0 Å². The van der Waals surface area contributed by atoms with Crippen LogP contribution in [0.2, 0.25) is 5.15 Å². The number of allylic oxidation sites excluding steroid dienone is 1. The van der Waals surface area contributed by atoms with Gasteiger partial charge in [-0.25, -0.2) is 10.8 Å². The Bertz CT molecular complexity index is 497. The second-order valence-corrected chi connectivity index (χ2v) is 4.70. The number of rotatable bonds is 5. The minimum atomic E-state index is 0.176. The summed E-state index contributed by atoms with van der Waals surface area (Å²) in [5, 5.41) is 12.0. The van der Waals surface area contributed by atoms with Gasteiger partial charge in [0.25, 0.3) is 0 Å². The molecule has 7 heteroatoms. The quantitative estimate of drug-likeness (QED) is 0.286. The number of nitrogens with zero attached hydrogens (tertiary/aromatic N) is 2. The molecule has 0 unspecified atom stereocenters. The summed E-state index contributed by atoms with van der Waals surface area (Å²) in [6, 6.07) is 1.59. The van der Waals surface area contributed by atoms with E-state index < -0.39 is 0 Å². The highest BCUT2D eigenvalue weighted by molar-refractivity contribution is 6.30. The van der Waals surface area contributed by atoms with Gasteiger partial charge in [0, 0.05) is 31.2 Å². The zero-order valence-electron chi connectivity index (χ0n) is 11.2. The van der Waals surface area contributed by atoms with Gasteiger partial charge in [0.2, 0.25) is 0 Å². The van der Waals surface area contributed by atoms with Crippen LogP contribution in [0.15, 0.2) is 18.0 Å². The molecule has 0 saturated carbocycles. The normalized spacial score (nSPS) is 11.6. The van der Waals surface area contributed by atoms with E-state index >= 15 is 0 Å². The third-order valence-electron chi connectivity index (χ3n) is 2.62. The highest BCUT2D eigenvalue weighted by atomic mass is 35.5. The predicted octanol–water partition coefficient (Wildman–Crippen LogP) is 1.91. The minimum Gasteiger partial charge on any atom is -0.401 e. The van der Waals surface area contributed by atoms with Crippen LogP contribution in [0, 0.1) is 11.3 Å². The highest BCUT2D eigenvalue weighted by Gasteiger charge is 2.13. The number of pyridine rings is 1. The molecule has 1 rings (SSSR count). The molecule has 0 aliphatic heterocycles. The average Bonchev–Trinajstić information content (AvgIpc) is 2.37. The van der Waals surface area contributed by atoms with Crippen molar-refractivity contribution in [3.05, 3.63) is 28.7 Å². The Morgan fingerprint density at radius 1 is 1.58 bits per heavy atom. The van der Waals surface area contributed by atoms with E-state index in [2.05, 4.69) is 10.3 Å². The zero-order valence-corrected chi connectivity index (χ0v) is 12.0. The van der Waals surface area contributed by atoms with Gasteiger partial charge in [0.1, 0.15) is 11.0 Å². The van der Waals surface area contributed by atoms with Crippen LogP contribution in [-0.2, 0) is 0 Å². The molecule has 0 amide bonds. The topological polar surface area (TPSA) is 104 Å². The fourth-order valence-electron chi connectivity index (χ4n) is 1.44. The maximum absolute atomic E-state index is 7.48. The molecular weight excluding hydrogens is 264 g/mol. The molecule has 0 bridgehead atoms. The van der Waals surface area contributed by atoms with Crippen molar-refractivity contribution < 1.29 is 0 Å². The van der Waals surface area contributed by atoms with Crippen molar-refractivity contribution >= 4 is 29.3 Å². The van der Waals surface area contributed by atoms with Crippen LogP contribution in [0.5, 0.6) is 0 Å². The van der Waals surface area contributed by atoms with Crippen LogP contribution in [-0.4, -0.2) is 18.2 Å². The minimum absolute atomic E-state index is 0.176. The zero-order chi connectivity index (χ0) is 14.6. The van der Waals surface area contributed by atoms with E-state index in [0.29, 0.717) is 22.8 Å². The number of nitrogens with one attached hydrogen (secondary N) is 2. The molecule has 0 aliphatic rings. The van der Waals surface area contributed by atoms with E-state index in [9.17, 15) is 0 Å². The maximum Gasteiger partial charge on any atom is 0.138 e. The van der Waals surface area contributed by atoms with Gasteiger partial charge in [0.15, 0.2) is 0 Å². The van der Waals surface area contributed by atoms with E-state index in [1.54, 1.807) is 19.3 Å². The molecular formula is C12H19ClN6. The summed E-state index contributed by atoms with van der Waals surface area (Å²) >= 11 is 5.94. The van der Waals surface area contributed by atoms with Crippen molar-refractivity contribution in [2.75, 3.05) is 17.4 Å². The molecule has 0 spiro atoms. The second kappa shape index (κ2) is 6.40. The molecule has 0 saturated heterocycles. The lowest BCUT2D eigenvalue weighted by Crippen LogP contribution is -2.28. The van der Waals surface area contributed by atoms with Gasteiger partial charge in [-0.05, 0) is 5.92 Å². The molecule has 1 aromatic rings. The van der Waals surface area contributed by atoms with Crippen LogP contribution >= 0.6 is 11.6 Å². The summed E-state index contributed by atoms with van der Waals surface area (Å²) in [5.74, 6) is 6.63. The Hall–Kier alpha value is -1.79. The Labute approximate surface area is 117 Å². The largest absolute Gasteiger partial charge is 0.401 e. The monoisotopic (exact) mass is 282 g/mol. The summed E-state index contributed by atoms with van der Waals surface area (Å²) in [5.41, 5.74) is 7.61. The smallest absolute Gasteiger partial charge is 0.138 e. The molecule has 6 N–H and O–H groups in total. The molecule has 6 nitrogen and oxygen atoms in total. The summed E-state index contributed by atoms with van der Waals surface area (Å²) < 4.78 is 0. The van der Waals surface area contributed by atoms with Crippen LogP contribution in [0.3, 0.4) is 0 Å². The van der Waals surface area contributed by atoms with Gasteiger partial charge in [-0.15, -0.1) is 0 Å². The number of nitrogens with two attached hydrogens (primary N) is 2. The number of aromatic nitrogens is 1. The first-order valence-electron chi connectivity index (χ1n) is 5.80. The number of hydrogen-bond acceptors (Lipinski definition) is 6. The van der Waals surface area contributed by atoms with E-state index in [1.165, 1.54) is 11.2 Å². The van der Waals surface area contributed by atoms with Crippen LogP contribution < -0.4 is 21.9 Å². The van der Waals surface area contributed by atoms with Crippen LogP contribution in [0.1, 0.15) is 19.4 Å². The molecule has 104 valence electrons. The maximum atomic E-state index is 7.48. The Kier molecular flexibility index (Phi) is 5.14. The van der Waals surface area contributed by atoms with Crippen molar-refractivity contribution in [1.82, 2.24) is 4.98 Å². The molecule has 1 heterocycles. The third kappa shape index (κ3) is 3.59. The highest BCUT2D eigenvalue weighted by Crippen LogP contribution is 2.27. The first-order valence-corrected chi connectivity index (χ1v) is 6.18. The molecule has 0 atom stereocenters. The first-order chi connectivity index (χ1) is 8.90. The number of halogens is 1. The molecule has 0 radical (unpaired) electrons. The first kappa shape index (κ1) is 15.3. The van der Waals surface area contributed by atoms with Crippen molar-refractivity contribution in [2.45, 2.75) is 13.8 Å². The molecule has 0 fully saturated rings. The Morgan fingerprint density at radius 3 is 2.68 bits per heavy atom. The van der Waals surface area contributed by atoms with Gasteiger partial charge in [-0.1, -0.05) is 25.4 Å². The molecule has 1 aromatic heterocycles. The number of anilines is 2. The summed E-state index contributed by atoms with van der Waals surface area (Å²) in [6.07, 6.45) is 2.78. The van der Waals surface area contributed by atoms with E-state index in [4.69, 9.17) is 28.6 Å². The number of hydrogen-bond donors (Lipinski definition) is 4. The standard InChI is InChI=1S/C12H19ClN6/c1-7(2)9(15)6-19(16)10-4-11(13)18-12(17-3)8(10)5-14/h4-7,14H,15-16H2,1-3H3,(H,17,18)/b9-6-,14-5?. The van der Waals surface area contributed by atoms with E-state index in [-0.39, 0.29) is 11.1 Å². The van der Waals surface area contributed by atoms with Gasteiger partial charge in [-0.2, -0.15) is 0 Å². The van der Waals surface area contributed by atoms with Crippen LogP contribution in [0.25, 0.3) is 0 Å². The lowest BCUT2D eigenvalue weighted by atomic mass is 10.1. The Balaban J connectivity index is 3.29. The lowest BCUT2D eigenvalue weighted by Gasteiger charge is -2.20. The summed E-state index contributed by atoms with van der Waals surface area (Å²) in [7, 11) is 1.70. The summed E-state index contributed by atoms with van der Waals surface area (Å²) in [4.78, 5) is 4.09. The Morgan fingerprint density at radius 2 is 2.21 bits per heavy atom. The lowest BCUT2D eigenvalue weighted by molar-refractivity contribution is 0.748. The third-order valence-corrected chi connectivity index (χ3v) is 2.81. The van der Waals surface area contributed by atoms with Gasteiger partial charge in [-0.3, -0.25) is 5.01 Å². The van der Waals surface area contributed by atoms with Gasteiger partial charge < -0.3 is 16.5 Å². The van der Waals surface area contributed by atoms with Gasteiger partial charge in [0.05, 0.1) is 11.3 Å². The van der Waals surface area contributed by atoms with Crippen molar-refractivity contribution in [2.24, 2.45) is 17.5 Å². The summed E-state index contributed by atoms with van der Waals surface area (Å²) in [6.45, 7) is 3.94. The van der Waals surface area contributed by atoms with Gasteiger partial charge >= 0.3 is 0 Å². The van der Waals surface area contributed by atoms with Crippen molar-refractivity contribution in [1.29, 1.82) is 5.41 Å². The molecule has 0 aromatic carbocycles. The van der Waals surface area contributed by atoms with Crippen molar-refractivity contribution in [3.8, 4) is 0 Å². The molecule has 0 aliphatic carbocycles. The second-order valence-electron chi connectivity index (χ2n) is 4.31.